The molecular weight excluding hydrogens is 204 g/mol. The van der Waals surface area contributed by atoms with Crippen LogP contribution in [0.2, 0.25) is 0 Å². The molecule has 7 heteroatoms. The Labute approximate surface area is 83.3 Å². The van der Waals surface area contributed by atoms with E-state index in [4.69, 9.17) is 0 Å². The van der Waals surface area contributed by atoms with Gasteiger partial charge in [0.25, 0.3) is 0 Å². The first-order chi connectivity index (χ1) is 6.39. The van der Waals surface area contributed by atoms with Crippen molar-refractivity contribution in [1.29, 1.82) is 0 Å². The minimum absolute atomic E-state index is 0.146. The van der Waals surface area contributed by atoms with Crippen LogP contribution < -0.4 is 9.44 Å². The molecule has 1 heterocycles. The normalized spacial score (nSPS) is 12.0. The van der Waals surface area contributed by atoms with Crippen LogP contribution in [0, 0.1) is 6.92 Å². The van der Waals surface area contributed by atoms with E-state index in [0.29, 0.717) is 0 Å². The van der Waals surface area contributed by atoms with Gasteiger partial charge in [-0.2, -0.15) is 18.2 Å². The number of nitrogens with zero attached hydrogens (tertiary/aromatic N) is 1. The molecule has 0 aliphatic carbocycles. The Balaban J connectivity index is 2.69. The van der Waals surface area contributed by atoms with Gasteiger partial charge in [-0.05, 0) is 20.8 Å². The second-order valence-electron chi connectivity index (χ2n) is 3.31. The molecule has 3 N–H and O–H groups in total. The molecule has 80 valence electrons. The first-order valence-corrected chi connectivity index (χ1v) is 5.69. The van der Waals surface area contributed by atoms with Crippen LogP contribution in [0.25, 0.3) is 0 Å². The van der Waals surface area contributed by atoms with Gasteiger partial charge in [0.2, 0.25) is 0 Å². The SMILES string of the molecule is Cc1cc(NS(=O)(=O)NC(C)C)n[nH]1. The maximum atomic E-state index is 11.3. The van der Waals surface area contributed by atoms with Gasteiger partial charge in [0, 0.05) is 17.8 Å². The van der Waals surface area contributed by atoms with Crippen molar-refractivity contribution in [2.75, 3.05) is 4.72 Å². The summed E-state index contributed by atoms with van der Waals surface area (Å²) in [6.07, 6.45) is 0. The van der Waals surface area contributed by atoms with Crippen LogP contribution in [0.1, 0.15) is 19.5 Å². The third-order valence-corrected chi connectivity index (χ3v) is 2.60. The summed E-state index contributed by atoms with van der Waals surface area (Å²) < 4.78 is 27.4. The third-order valence-electron chi connectivity index (χ3n) is 1.34. The van der Waals surface area contributed by atoms with Gasteiger partial charge in [0.05, 0.1) is 0 Å². The topological polar surface area (TPSA) is 86.9 Å². The molecule has 1 aromatic rings. The van der Waals surface area contributed by atoms with E-state index in [1.807, 2.05) is 0 Å². The lowest BCUT2D eigenvalue weighted by Gasteiger charge is -2.09. The lowest BCUT2D eigenvalue weighted by molar-refractivity contribution is 0.575. The van der Waals surface area contributed by atoms with Crippen LogP contribution in [0.3, 0.4) is 0 Å². The van der Waals surface area contributed by atoms with Crippen molar-refractivity contribution in [3.8, 4) is 0 Å². The lowest BCUT2D eigenvalue weighted by atomic mass is 10.4. The Morgan fingerprint density at radius 2 is 2.14 bits per heavy atom. The van der Waals surface area contributed by atoms with Crippen LogP contribution in [0.5, 0.6) is 0 Å². The number of aromatic amines is 1. The molecular formula is C7H14N4O2S. The Morgan fingerprint density at radius 1 is 1.50 bits per heavy atom. The first kappa shape index (κ1) is 11.0. The molecule has 1 rings (SSSR count). The summed E-state index contributed by atoms with van der Waals surface area (Å²) >= 11 is 0. The molecule has 0 atom stereocenters. The quantitative estimate of drug-likeness (QED) is 0.682. The van der Waals surface area contributed by atoms with Crippen LogP contribution in [0.15, 0.2) is 6.07 Å². The van der Waals surface area contributed by atoms with Crippen molar-refractivity contribution < 1.29 is 8.42 Å². The second kappa shape index (κ2) is 3.97. The molecule has 0 saturated carbocycles. The van der Waals surface area contributed by atoms with Gasteiger partial charge < -0.3 is 0 Å². The summed E-state index contributed by atoms with van der Waals surface area (Å²) in [7, 11) is -3.50. The molecule has 0 radical (unpaired) electrons. The molecule has 1 aromatic heterocycles. The highest BCUT2D eigenvalue weighted by Crippen LogP contribution is 2.05. The van der Waals surface area contributed by atoms with Crippen LogP contribution in [-0.4, -0.2) is 24.7 Å². The Kier molecular flexibility index (Phi) is 3.12. The number of aromatic nitrogens is 2. The fraction of sp³-hybridized carbons (Fsp3) is 0.571. The van der Waals surface area contributed by atoms with Crippen molar-refractivity contribution in [1.82, 2.24) is 14.9 Å². The summed E-state index contributed by atoms with van der Waals surface area (Å²) in [6.45, 7) is 5.28. The zero-order chi connectivity index (χ0) is 10.8. The zero-order valence-corrected chi connectivity index (χ0v) is 9.14. The summed E-state index contributed by atoms with van der Waals surface area (Å²) in [4.78, 5) is 0. The largest absolute Gasteiger partial charge is 0.300 e. The number of nitrogens with one attached hydrogen (secondary N) is 3. The van der Waals surface area contributed by atoms with E-state index >= 15 is 0 Å². The average molecular weight is 218 g/mol. The van der Waals surface area contributed by atoms with Crippen LogP contribution in [-0.2, 0) is 10.2 Å². The van der Waals surface area contributed by atoms with Gasteiger partial charge in [-0.25, -0.2) is 0 Å². The lowest BCUT2D eigenvalue weighted by Crippen LogP contribution is -2.35. The molecule has 0 fully saturated rings. The zero-order valence-electron chi connectivity index (χ0n) is 8.33. The Morgan fingerprint density at radius 3 is 2.57 bits per heavy atom. The maximum Gasteiger partial charge on any atom is 0.300 e. The molecule has 0 bridgehead atoms. The molecule has 0 saturated heterocycles. The van der Waals surface area contributed by atoms with E-state index in [1.165, 1.54) is 0 Å². The minimum atomic E-state index is -3.50. The van der Waals surface area contributed by atoms with Gasteiger partial charge >= 0.3 is 10.2 Å². The number of rotatable bonds is 4. The Hall–Kier alpha value is -1.08. The monoisotopic (exact) mass is 218 g/mol. The Bertz CT molecular complexity index is 396. The summed E-state index contributed by atoms with van der Waals surface area (Å²) in [6, 6.07) is 1.46. The minimum Gasteiger partial charge on any atom is -0.281 e. The standard InChI is InChI=1S/C7H14N4O2S/c1-5(2)10-14(12,13)11-7-4-6(3)8-9-7/h4-5,10H,1-3H3,(H2,8,9,11). The van der Waals surface area contributed by atoms with Crippen molar-refractivity contribution in [2.24, 2.45) is 0 Å². The molecule has 14 heavy (non-hydrogen) atoms. The maximum absolute atomic E-state index is 11.3. The highest BCUT2D eigenvalue weighted by Gasteiger charge is 2.12. The number of anilines is 1. The number of hydrogen-bond donors (Lipinski definition) is 3. The molecule has 0 unspecified atom stereocenters. The first-order valence-electron chi connectivity index (χ1n) is 4.21. The number of H-pyrrole nitrogens is 1. The van der Waals surface area contributed by atoms with Crippen molar-refractivity contribution in [3.05, 3.63) is 11.8 Å². The summed E-state index contributed by atoms with van der Waals surface area (Å²) in [5.41, 5.74) is 0.798. The van der Waals surface area contributed by atoms with Gasteiger partial charge in [-0.1, -0.05) is 0 Å². The van der Waals surface area contributed by atoms with E-state index in [9.17, 15) is 8.42 Å². The molecule has 0 amide bonds. The molecule has 0 spiro atoms. The number of hydrogen-bond acceptors (Lipinski definition) is 3. The van der Waals surface area contributed by atoms with Gasteiger partial charge in [0.15, 0.2) is 5.82 Å². The molecule has 0 aliphatic rings. The van der Waals surface area contributed by atoms with E-state index in [0.717, 1.165) is 5.69 Å². The van der Waals surface area contributed by atoms with Crippen molar-refractivity contribution in [2.45, 2.75) is 26.8 Å². The van der Waals surface area contributed by atoms with Gasteiger partial charge in [-0.15, -0.1) is 0 Å². The van der Waals surface area contributed by atoms with E-state index in [-0.39, 0.29) is 11.9 Å². The van der Waals surface area contributed by atoms with E-state index < -0.39 is 10.2 Å². The molecule has 0 aromatic carbocycles. The van der Waals surface area contributed by atoms with Crippen molar-refractivity contribution in [3.63, 3.8) is 0 Å². The fourth-order valence-corrected chi connectivity index (χ4v) is 2.01. The smallest absolute Gasteiger partial charge is 0.281 e. The highest BCUT2D eigenvalue weighted by molar-refractivity contribution is 7.90. The van der Waals surface area contributed by atoms with E-state index in [1.54, 1.807) is 26.8 Å². The third kappa shape index (κ3) is 3.35. The summed E-state index contributed by atoms with van der Waals surface area (Å²) in [5, 5.41) is 6.39. The van der Waals surface area contributed by atoms with Gasteiger partial charge in [0.1, 0.15) is 0 Å². The summed E-state index contributed by atoms with van der Waals surface area (Å²) in [5.74, 6) is 0.288. The number of aryl methyl sites for hydroxylation is 1. The predicted octanol–water partition coefficient (Wildman–Crippen LogP) is 0.373. The van der Waals surface area contributed by atoms with Crippen molar-refractivity contribution >= 4 is 16.0 Å². The highest BCUT2D eigenvalue weighted by atomic mass is 32.2. The predicted molar refractivity (Wildman–Crippen MR) is 54.1 cm³/mol. The van der Waals surface area contributed by atoms with E-state index in [2.05, 4.69) is 19.6 Å². The average Bonchev–Trinajstić information content (AvgIpc) is 2.30. The van der Waals surface area contributed by atoms with Crippen LogP contribution >= 0.6 is 0 Å². The molecule has 6 nitrogen and oxygen atoms in total. The van der Waals surface area contributed by atoms with Gasteiger partial charge in [-0.3, -0.25) is 9.82 Å². The second-order valence-corrected chi connectivity index (χ2v) is 4.76. The molecule has 0 aliphatic heterocycles. The fourth-order valence-electron chi connectivity index (χ4n) is 0.948. The van der Waals surface area contributed by atoms with Crippen LogP contribution in [0.4, 0.5) is 5.82 Å².